The molecule has 0 bridgehead atoms. The lowest BCUT2D eigenvalue weighted by Crippen LogP contribution is -2.28. The Morgan fingerprint density at radius 3 is 2.50 bits per heavy atom. The number of rotatable bonds is 5. The van der Waals surface area contributed by atoms with Crippen molar-refractivity contribution >= 4 is 22.4 Å². The summed E-state index contributed by atoms with van der Waals surface area (Å²) >= 11 is 1.46. The lowest BCUT2D eigenvalue weighted by molar-refractivity contribution is -0.142. The predicted molar refractivity (Wildman–Crippen MR) is 75.3 cm³/mol. The Balaban J connectivity index is 2.62. The Hall–Kier alpha value is -1.10. The van der Waals surface area contributed by atoms with Crippen LogP contribution >= 0.6 is 11.3 Å². The van der Waals surface area contributed by atoms with Crippen LogP contribution in [0.15, 0.2) is 5.38 Å². The number of carboxylic acids is 1. The van der Waals surface area contributed by atoms with E-state index in [9.17, 15) is 4.79 Å². The van der Waals surface area contributed by atoms with Gasteiger partial charge >= 0.3 is 5.97 Å². The molecule has 2 N–H and O–H groups in total. The Morgan fingerprint density at radius 2 is 2.00 bits per heavy atom. The Labute approximate surface area is 112 Å². The lowest BCUT2D eigenvalue weighted by Gasteiger charge is -2.18. The van der Waals surface area contributed by atoms with Gasteiger partial charge in [-0.3, -0.25) is 4.79 Å². The average molecular weight is 270 g/mol. The van der Waals surface area contributed by atoms with E-state index in [1.807, 2.05) is 5.38 Å². The predicted octanol–water partition coefficient (Wildman–Crippen LogP) is 3.35. The number of anilines is 1. The highest BCUT2D eigenvalue weighted by Gasteiger charge is 2.32. The number of aromatic nitrogens is 1. The quantitative estimate of drug-likeness (QED) is 0.861. The minimum absolute atomic E-state index is 0.285. The van der Waals surface area contributed by atoms with Crippen molar-refractivity contribution in [2.24, 2.45) is 5.41 Å². The summed E-state index contributed by atoms with van der Waals surface area (Å²) in [7, 11) is 0. The minimum atomic E-state index is -0.930. The van der Waals surface area contributed by atoms with Crippen LogP contribution in [-0.2, 0) is 10.2 Å². The van der Waals surface area contributed by atoms with Gasteiger partial charge in [0.25, 0.3) is 0 Å². The number of carboxylic acid groups (broad SMARTS) is 1. The van der Waals surface area contributed by atoms with E-state index in [1.54, 1.807) is 13.8 Å². The highest BCUT2D eigenvalue weighted by atomic mass is 32.1. The zero-order valence-corrected chi connectivity index (χ0v) is 12.5. The molecule has 0 saturated carbocycles. The van der Waals surface area contributed by atoms with E-state index in [-0.39, 0.29) is 5.41 Å². The van der Waals surface area contributed by atoms with Crippen molar-refractivity contribution in [1.29, 1.82) is 0 Å². The van der Waals surface area contributed by atoms with E-state index in [0.717, 1.165) is 18.1 Å². The third-order valence-corrected chi connectivity index (χ3v) is 3.63. The fraction of sp³-hybridized carbons (Fsp3) is 0.692. The summed E-state index contributed by atoms with van der Waals surface area (Å²) in [6.07, 6.45) is 1.05. The van der Waals surface area contributed by atoms with Crippen molar-refractivity contribution in [3.8, 4) is 0 Å². The van der Waals surface area contributed by atoms with Gasteiger partial charge in [0.2, 0.25) is 0 Å². The van der Waals surface area contributed by atoms with Crippen molar-refractivity contribution in [3.63, 3.8) is 0 Å². The van der Waals surface area contributed by atoms with Gasteiger partial charge in [0.05, 0.1) is 5.69 Å². The monoisotopic (exact) mass is 270 g/mol. The maximum absolute atomic E-state index is 11.1. The highest BCUT2D eigenvalue weighted by molar-refractivity contribution is 7.13. The van der Waals surface area contributed by atoms with Crippen molar-refractivity contribution in [1.82, 2.24) is 4.98 Å². The largest absolute Gasteiger partial charge is 0.481 e. The fourth-order valence-electron chi connectivity index (χ4n) is 1.30. The normalized spacial score (nSPS) is 12.5. The van der Waals surface area contributed by atoms with Crippen LogP contribution in [0.25, 0.3) is 0 Å². The molecule has 1 rings (SSSR count). The van der Waals surface area contributed by atoms with Gasteiger partial charge < -0.3 is 10.4 Å². The molecule has 0 unspecified atom stereocenters. The third kappa shape index (κ3) is 3.98. The molecule has 0 radical (unpaired) electrons. The van der Waals surface area contributed by atoms with Crippen LogP contribution in [-0.4, -0.2) is 22.6 Å². The average Bonchev–Trinajstić information content (AvgIpc) is 2.64. The van der Waals surface area contributed by atoms with Crippen LogP contribution in [0.5, 0.6) is 0 Å². The molecule has 0 fully saturated rings. The fourth-order valence-corrected chi connectivity index (χ4v) is 2.20. The second-order valence-electron chi connectivity index (χ2n) is 6.21. The first kappa shape index (κ1) is 15.0. The Bertz CT molecular complexity index is 419. The van der Waals surface area contributed by atoms with Crippen LogP contribution in [0.2, 0.25) is 0 Å². The molecule has 0 atom stereocenters. The summed E-state index contributed by atoms with van der Waals surface area (Å²) in [6.45, 7) is 10.8. The lowest BCUT2D eigenvalue weighted by atomic mass is 9.90. The van der Waals surface area contributed by atoms with E-state index in [0.29, 0.717) is 5.69 Å². The number of nitrogens with one attached hydrogen (secondary N) is 1. The summed E-state index contributed by atoms with van der Waals surface area (Å²) in [6, 6.07) is 0. The van der Waals surface area contributed by atoms with E-state index in [1.165, 1.54) is 11.3 Å². The summed E-state index contributed by atoms with van der Waals surface area (Å²) in [5.74, 6) is -0.853. The van der Waals surface area contributed by atoms with Gasteiger partial charge in [0, 0.05) is 11.9 Å². The van der Waals surface area contributed by atoms with Gasteiger partial charge in [-0.25, -0.2) is 4.98 Å². The molecule has 1 heterocycles. The summed E-state index contributed by atoms with van der Waals surface area (Å²) in [4.78, 5) is 15.5. The van der Waals surface area contributed by atoms with Crippen LogP contribution in [0.1, 0.15) is 46.7 Å². The molecule has 4 nitrogen and oxygen atoms in total. The SMILES string of the molecule is CC(C)(C)CCNc1nc(C(C)(C)C(=O)O)cs1. The van der Waals surface area contributed by atoms with Crippen molar-refractivity contribution in [2.75, 3.05) is 11.9 Å². The number of hydrogen-bond donors (Lipinski definition) is 2. The van der Waals surface area contributed by atoms with E-state index < -0.39 is 11.4 Å². The third-order valence-electron chi connectivity index (χ3n) is 2.83. The summed E-state index contributed by atoms with van der Waals surface area (Å²) in [5.41, 5.74) is -0.0355. The Morgan fingerprint density at radius 1 is 1.39 bits per heavy atom. The maximum Gasteiger partial charge on any atom is 0.315 e. The van der Waals surface area contributed by atoms with Gasteiger partial charge in [-0.15, -0.1) is 11.3 Å². The number of hydrogen-bond acceptors (Lipinski definition) is 4. The minimum Gasteiger partial charge on any atom is -0.481 e. The molecule has 0 aliphatic carbocycles. The van der Waals surface area contributed by atoms with Crippen LogP contribution < -0.4 is 5.32 Å². The number of aliphatic carboxylic acids is 1. The molecule has 102 valence electrons. The smallest absolute Gasteiger partial charge is 0.315 e. The molecule has 0 aromatic carbocycles. The van der Waals surface area contributed by atoms with Gasteiger partial charge in [-0.05, 0) is 25.7 Å². The molecule has 18 heavy (non-hydrogen) atoms. The molecule has 0 saturated heterocycles. The maximum atomic E-state index is 11.1. The first-order valence-electron chi connectivity index (χ1n) is 6.06. The van der Waals surface area contributed by atoms with Crippen molar-refractivity contribution in [2.45, 2.75) is 46.5 Å². The molecular weight excluding hydrogens is 248 g/mol. The first-order chi connectivity index (χ1) is 8.13. The van der Waals surface area contributed by atoms with Gasteiger partial charge in [0.15, 0.2) is 5.13 Å². The van der Waals surface area contributed by atoms with Crippen LogP contribution in [0, 0.1) is 5.41 Å². The Kier molecular flexibility index (Phi) is 4.37. The van der Waals surface area contributed by atoms with Crippen LogP contribution in [0.4, 0.5) is 5.13 Å². The highest BCUT2D eigenvalue weighted by Crippen LogP contribution is 2.27. The molecule has 5 heteroatoms. The van der Waals surface area contributed by atoms with Gasteiger partial charge in [-0.1, -0.05) is 20.8 Å². The van der Waals surface area contributed by atoms with Gasteiger partial charge in [0.1, 0.15) is 5.41 Å². The zero-order chi connectivity index (χ0) is 14.0. The molecule has 1 aromatic heterocycles. The standard InChI is InChI=1S/C13H22N2O2S/c1-12(2,3)6-7-14-11-15-9(8-18-11)13(4,5)10(16)17/h8H,6-7H2,1-5H3,(H,14,15)(H,16,17). The van der Waals surface area contributed by atoms with Crippen molar-refractivity contribution in [3.05, 3.63) is 11.1 Å². The van der Waals surface area contributed by atoms with E-state index in [2.05, 4.69) is 31.1 Å². The molecule has 0 aliphatic rings. The number of nitrogens with zero attached hydrogens (tertiary/aromatic N) is 1. The molecule has 1 aromatic rings. The molecular formula is C13H22N2O2S. The van der Waals surface area contributed by atoms with E-state index >= 15 is 0 Å². The molecule has 0 amide bonds. The van der Waals surface area contributed by atoms with Crippen LogP contribution in [0.3, 0.4) is 0 Å². The zero-order valence-electron chi connectivity index (χ0n) is 11.7. The van der Waals surface area contributed by atoms with E-state index in [4.69, 9.17) is 5.11 Å². The summed E-state index contributed by atoms with van der Waals surface area (Å²) in [5, 5.41) is 15.0. The second-order valence-corrected chi connectivity index (χ2v) is 7.06. The van der Waals surface area contributed by atoms with Gasteiger partial charge in [-0.2, -0.15) is 0 Å². The second kappa shape index (κ2) is 5.26. The number of carbonyl (C=O) groups is 1. The number of thiazole rings is 1. The molecule has 0 aliphatic heterocycles. The molecule has 0 spiro atoms. The topological polar surface area (TPSA) is 62.2 Å². The first-order valence-corrected chi connectivity index (χ1v) is 6.94. The summed E-state index contributed by atoms with van der Waals surface area (Å²) < 4.78 is 0. The van der Waals surface area contributed by atoms with Crippen molar-refractivity contribution < 1.29 is 9.90 Å².